The Morgan fingerprint density at radius 2 is 1.83 bits per heavy atom. The SMILES string of the molecule is CC1CN(c2ccccc2)C(=O)C2Cc3ccccc3OC3=CC(=CCC3)Cn3cncc3C(=O)N12. The van der Waals surface area contributed by atoms with Gasteiger partial charge in [0.25, 0.3) is 5.91 Å². The van der Waals surface area contributed by atoms with E-state index in [0.29, 0.717) is 25.2 Å². The lowest BCUT2D eigenvalue weighted by Crippen LogP contribution is -2.63. The largest absolute Gasteiger partial charge is 0.461 e. The molecule has 2 amide bonds. The molecule has 1 saturated heterocycles. The van der Waals surface area contributed by atoms with Crippen molar-refractivity contribution >= 4 is 17.5 Å². The zero-order valence-electron chi connectivity index (χ0n) is 20.2. The molecule has 2 bridgehead atoms. The van der Waals surface area contributed by atoms with Crippen LogP contribution in [0.5, 0.6) is 5.75 Å². The summed E-state index contributed by atoms with van der Waals surface area (Å²) in [6, 6.07) is 16.6. The minimum Gasteiger partial charge on any atom is -0.461 e. The topological polar surface area (TPSA) is 67.7 Å². The van der Waals surface area contributed by atoms with Gasteiger partial charge in [0, 0.05) is 37.7 Å². The molecule has 1 aliphatic carbocycles. The quantitative estimate of drug-likeness (QED) is 0.519. The van der Waals surface area contributed by atoms with Crippen LogP contribution in [-0.4, -0.2) is 44.9 Å². The summed E-state index contributed by atoms with van der Waals surface area (Å²) in [5, 5.41) is 0. The molecular formula is C29H28N4O3. The van der Waals surface area contributed by atoms with Gasteiger partial charge in [-0.15, -0.1) is 0 Å². The highest BCUT2D eigenvalue weighted by Crippen LogP contribution is 2.32. The number of imidazole rings is 1. The number of benzene rings is 2. The molecule has 3 aliphatic rings. The van der Waals surface area contributed by atoms with Gasteiger partial charge in [0.2, 0.25) is 5.91 Å². The highest BCUT2D eigenvalue weighted by molar-refractivity contribution is 6.03. The standard InChI is InChI=1S/C29H28N4O3/c1-20-17-32(23-10-3-2-4-11-23)28(34)25-15-22-9-5-6-13-27(22)36-24-12-7-8-21(14-24)18-31-19-30-16-26(31)29(35)33(20)25/h2-6,8-11,13-14,16,19-20,25H,7,12,15,17-18H2,1H3. The fourth-order valence-corrected chi connectivity index (χ4v) is 5.42. The summed E-state index contributed by atoms with van der Waals surface area (Å²) in [4.78, 5) is 35.9. The number of allylic oxidation sites excluding steroid dienone is 4. The summed E-state index contributed by atoms with van der Waals surface area (Å²) in [7, 11) is 0. The van der Waals surface area contributed by atoms with Crippen molar-refractivity contribution in [3.8, 4) is 5.75 Å². The van der Waals surface area contributed by atoms with Gasteiger partial charge >= 0.3 is 0 Å². The molecule has 7 heteroatoms. The summed E-state index contributed by atoms with van der Waals surface area (Å²) in [6.45, 7) is 2.95. The number of para-hydroxylation sites is 2. The molecule has 36 heavy (non-hydrogen) atoms. The van der Waals surface area contributed by atoms with Crippen LogP contribution in [0.1, 0.15) is 35.8 Å². The second-order valence-corrected chi connectivity index (χ2v) is 9.61. The number of piperazine rings is 1. The summed E-state index contributed by atoms with van der Waals surface area (Å²) in [5.74, 6) is 1.35. The van der Waals surface area contributed by atoms with Crippen LogP contribution in [0.4, 0.5) is 5.69 Å². The Bertz CT molecular complexity index is 1370. The van der Waals surface area contributed by atoms with Crippen molar-refractivity contribution in [3.05, 3.63) is 102 Å². The van der Waals surface area contributed by atoms with E-state index in [2.05, 4.69) is 17.1 Å². The van der Waals surface area contributed by atoms with Crippen molar-refractivity contribution in [1.82, 2.24) is 14.5 Å². The molecule has 0 saturated carbocycles. The lowest BCUT2D eigenvalue weighted by molar-refractivity contribution is -0.126. The maximum absolute atomic E-state index is 14.0. The predicted molar refractivity (Wildman–Crippen MR) is 137 cm³/mol. The van der Waals surface area contributed by atoms with E-state index in [-0.39, 0.29) is 17.9 Å². The summed E-state index contributed by atoms with van der Waals surface area (Å²) in [5.41, 5.74) is 3.31. The van der Waals surface area contributed by atoms with Gasteiger partial charge < -0.3 is 19.1 Å². The first-order chi connectivity index (χ1) is 17.6. The zero-order valence-corrected chi connectivity index (χ0v) is 20.2. The molecular weight excluding hydrogens is 452 g/mol. The zero-order chi connectivity index (χ0) is 24.6. The number of aromatic nitrogens is 2. The van der Waals surface area contributed by atoms with E-state index in [1.807, 2.05) is 66.1 Å². The van der Waals surface area contributed by atoms with E-state index >= 15 is 0 Å². The molecule has 7 nitrogen and oxygen atoms in total. The lowest BCUT2D eigenvalue weighted by Gasteiger charge is -2.45. The summed E-state index contributed by atoms with van der Waals surface area (Å²) >= 11 is 0. The Morgan fingerprint density at radius 1 is 1.03 bits per heavy atom. The molecule has 3 heterocycles. The Balaban J connectivity index is 1.48. The van der Waals surface area contributed by atoms with Crippen LogP contribution in [-0.2, 0) is 17.8 Å². The number of carbonyl (C=O) groups is 2. The fourth-order valence-electron chi connectivity index (χ4n) is 5.42. The van der Waals surface area contributed by atoms with Crippen molar-refractivity contribution in [3.63, 3.8) is 0 Å². The van der Waals surface area contributed by atoms with Crippen LogP contribution in [0.2, 0.25) is 0 Å². The van der Waals surface area contributed by atoms with Crippen LogP contribution >= 0.6 is 0 Å². The number of nitrogens with zero attached hydrogens (tertiary/aromatic N) is 4. The monoisotopic (exact) mass is 480 g/mol. The van der Waals surface area contributed by atoms with E-state index in [0.717, 1.165) is 41.2 Å². The van der Waals surface area contributed by atoms with E-state index in [4.69, 9.17) is 4.74 Å². The molecule has 6 rings (SSSR count). The summed E-state index contributed by atoms with van der Waals surface area (Å²) in [6.07, 6.45) is 9.58. The average Bonchev–Trinajstić information content (AvgIpc) is 3.35. The third-order valence-electron chi connectivity index (χ3n) is 7.17. The van der Waals surface area contributed by atoms with Crippen molar-refractivity contribution in [2.24, 2.45) is 0 Å². The molecule has 3 aromatic rings. The lowest BCUT2D eigenvalue weighted by atomic mass is 9.96. The normalized spacial score (nSPS) is 22.0. The Hall–Kier alpha value is -4.13. The van der Waals surface area contributed by atoms with Gasteiger partial charge in [0.15, 0.2) is 0 Å². The number of hydrogen-bond donors (Lipinski definition) is 0. The van der Waals surface area contributed by atoms with E-state index < -0.39 is 6.04 Å². The van der Waals surface area contributed by atoms with E-state index in [1.165, 1.54) is 0 Å². The minimum absolute atomic E-state index is 0.0935. The second-order valence-electron chi connectivity index (χ2n) is 9.61. The highest BCUT2D eigenvalue weighted by Gasteiger charge is 2.43. The predicted octanol–water partition coefficient (Wildman–Crippen LogP) is 4.37. The molecule has 0 N–H and O–H groups in total. The average molecular weight is 481 g/mol. The molecule has 2 aliphatic heterocycles. The molecule has 0 spiro atoms. The van der Waals surface area contributed by atoms with Crippen molar-refractivity contribution < 1.29 is 14.3 Å². The third kappa shape index (κ3) is 4.00. The number of amides is 2. The van der Waals surface area contributed by atoms with Crippen molar-refractivity contribution in [1.29, 1.82) is 0 Å². The molecule has 2 unspecified atom stereocenters. The molecule has 1 fully saturated rings. The van der Waals surface area contributed by atoms with E-state index in [9.17, 15) is 9.59 Å². The number of fused-ring (bicyclic) bond motifs is 4. The van der Waals surface area contributed by atoms with Gasteiger partial charge in [-0.05, 0) is 48.8 Å². The highest BCUT2D eigenvalue weighted by atomic mass is 16.5. The molecule has 2 atom stereocenters. The van der Waals surface area contributed by atoms with Gasteiger partial charge in [0.05, 0.1) is 12.5 Å². The third-order valence-corrected chi connectivity index (χ3v) is 7.17. The van der Waals surface area contributed by atoms with Gasteiger partial charge in [-0.25, -0.2) is 4.98 Å². The Kier molecular flexibility index (Phi) is 5.68. The molecule has 182 valence electrons. The van der Waals surface area contributed by atoms with Crippen LogP contribution in [0.25, 0.3) is 0 Å². The van der Waals surface area contributed by atoms with E-state index in [1.54, 1.807) is 22.3 Å². The van der Waals surface area contributed by atoms with Gasteiger partial charge in [-0.1, -0.05) is 42.5 Å². The van der Waals surface area contributed by atoms with Crippen LogP contribution < -0.4 is 9.64 Å². The van der Waals surface area contributed by atoms with Crippen LogP contribution in [0.15, 0.2) is 90.6 Å². The van der Waals surface area contributed by atoms with Crippen molar-refractivity contribution in [2.75, 3.05) is 11.4 Å². The molecule has 2 aromatic carbocycles. The first-order valence-electron chi connectivity index (χ1n) is 12.4. The van der Waals surface area contributed by atoms with Gasteiger partial charge in [0.1, 0.15) is 23.2 Å². The molecule has 1 aromatic heterocycles. The maximum atomic E-state index is 14.0. The maximum Gasteiger partial charge on any atom is 0.273 e. The Labute approximate surface area is 210 Å². The number of rotatable bonds is 1. The van der Waals surface area contributed by atoms with Crippen molar-refractivity contribution in [2.45, 2.75) is 44.8 Å². The molecule has 0 radical (unpaired) electrons. The van der Waals surface area contributed by atoms with Gasteiger partial charge in [-0.3, -0.25) is 9.59 Å². The number of hydrogen-bond acceptors (Lipinski definition) is 4. The van der Waals surface area contributed by atoms with Crippen LogP contribution in [0.3, 0.4) is 0 Å². The smallest absolute Gasteiger partial charge is 0.273 e. The second kappa shape index (κ2) is 9.15. The first-order valence-corrected chi connectivity index (χ1v) is 12.4. The fraction of sp³-hybridized carbons (Fsp3) is 0.276. The Morgan fingerprint density at radius 3 is 2.69 bits per heavy atom. The summed E-state index contributed by atoms with van der Waals surface area (Å²) < 4.78 is 8.27. The number of carbonyl (C=O) groups excluding carboxylic acids is 2. The van der Waals surface area contributed by atoms with Crippen LogP contribution in [0, 0.1) is 0 Å². The number of anilines is 1. The first kappa shape index (κ1) is 22.3. The minimum atomic E-state index is -0.678. The number of ether oxygens (including phenoxy) is 1. The van der Waals surface area contributed by atoms with Gasteiger partial charge in [-0.2, -0.15) is 0 Å².